The number of rotatable bonds is 6. The molecule has 0 radical (unpaired) electrons. The van der Waals surface area contributed by atoms with Crippen molar-refractivity contribution in [3.8, 4) is 0 Å². The first kappa shape index (κ1) is 14.9. The Kier molecular flexibility index (Phi) is 7.06. The van der Waals surface area contributed by atoms with Gasteiger partial charge in [-0.2, -0.15) is 0 Å². The first-order valence-electron chi connectivity index (χ1n) is 5.59. The van der Waals surface area contributed by atoms with E-state index in [1.807, 2.05) is 18.2 Å². The first-order valence-corrected chi connectivity index (χ1v) is 7.46. The quantitative estimate of drug-likeness (QED) is 0.559. The van der Waals surface area contributed by atoms with Gasteiger partial charge >= 0.3 is 0 Å². The average molecular weight is 411 g/mol. The van der Waals surface area contributed by atoms with Crippen molar-refractivity contribution < 1.29 is 4.79 Å². The van der Waals surface area contributed by atoms with Crippen LogP contribution >= 0.6 is 38.5 Å². The summed E-state index contributed by atoms with van der Waals surface area (Å²) in [4.78, 5) is 11.9. The molecule has 5 heteroatoms. The molecule has 1 amide bonds. The molecule has 0 bridgehead atoms. The lowest BCUT2D eigenvalue weighted by Gasteiger charge is -2.08. The monoisotopic (exact) mass is 410 g/mol. The highest BCUT2D eigenvalue weighted by Gasteiger charge is 2.09. The van der Waals surface area contributed by atoms with Gasteiger partial charge in [-0.3, -0.25) is 4.79 Å². The molecule has 3 nitrogen and oxygen atoms in total. The van der Waals surface area contributed by atoms with Crippen LogP contribution in [0.2, 0.25) is 0 Å². The van der Waals surface area contributed by atoms with E-state index in [9.17, 15) is 4.79 Å². The Morgan fingerprint density at radius 2 is 2.12 bits per heavy atom. The summed E-state index contributed by atoms with van der Waals surface area (Å²) in [5, 5.41) is 6.13. The van der Waals surface area contributed by atoms with Crippen molar-refractivity contribution in [2.24, 2.45) is 0 Å². The smallest absolute Gasteiger partial charge is 0.252 e. The number of nitrogens with one attached hydrogen (secondary N) is 2. The third-order valence-corrected chi connectivity index (χ3v) is 3.55. The maximum Gasteiger partial charge on any atom is 0.252 e. The fourth-order valence-electron chi connectivity index (χ4n) is 1.33. The van der Waals surface area contributed by atoms with Crippen LogP contribution in [0.5, 0.6) is 0 Å². The zero-order chi connectivity index (χ0) is 12.7. The standard InChI is InChI=1S/C12H16BrIN2O/c1-2-5-15-6-7-16-12(17)10-8-9(14)3-4-11(10)13/h3-4,8,15H,2,5-7H2,1H3,(H,16,17). The van der Waals surface area contributed by atoms with Crippen LogP contribution in [0, 0.1) is 3.57 Å². The Balaban J connectivity index is 2.44. The van der Waals surface area contributed by atoms with Crippen molar-refractivity contribution in [3.05, 3.63) is 31.8 Å². The molecular formula is C12H16BrIN2O. The molecule has 0 aliphatic carbocycles. The van der Waals surface area contributed by atoms with E-state index in [0.717, 1.165) is 27.6 Å². The van der Waals surface area contributed by atoms with Crippen LogP contribution in [0.25, 0.3) is 0 Å². The summed E-state index contributed by atoms with van der Waals surface area (Å²) >= 11 is 5.58. The second kappa shape index (κ2) is 8.05. The van der Waals surface area contributed by atoms with Crippen LogP contribution in [0.4, 0.5) is 0 Å². The molecule has 0 aliphatic rings. The second-order valence-electron chi connectivity index (χ2n) is 3.63. The van der Waals surface area contributed by atoms with Crippen molar-refractivity contribution in [1.29, 1.82) is 0 Å². The van der Waals surface area contributed by atoms with Gasteiger partial charge in [0.15, 0.2) is 0 Å². The average Bonchev–Trinajstić information content (AvgIpc) is 2.32. The minimum absolute atomic E-state index is 0.0336. The number of hydrogen-bond donors (Lipinski definition) is 2. The molecule has 2 N–H and O–H groups in total. The Morgan fingerprint density at radius 3 is 2.82 bits per heavy atom. The van der Waals surface area contributed by atoms with Crippen LogP contribution < -0.4 is 10.6 Å². The molecule has 0 unspecified atom stereocenters. The number of halogens is 2. The van der Waals surface area contributed by atoms with E-state index < -0.39 is 0 Å². The van der Waals surface area contributed by atoms with E-state index in [1.54, 1.807) is 0 Å². The van der Waals surface area contributed by atoms with Gasteiger partial charge in [-0.1, -0.05) is 6.92 Å². The Morgan fingerprint density at radius 1 is 1.35 bits per heavy atom. The molecular weight excluding hydrogens is 395 g/mol. The SMILES string of the molecule is CCCNCCNC(=O)c1cc(I)ccc1Br. The maximum absolute atomic E-state index is 11.9. The summed E-state index contributed by atoms with van der Waals surface area (Å²) < 4.78 is 1.89. The third kappa shape index (κ3) is 5.35. The van der Waals surface area contributed by atoms with Crippen molar-refractivity contribution >= 4 is 44.4 Å². The summed E-state index contributed by atoms with van der Waals surface area (Å²) in [6, 6.07) is 5.73. The normalized spacial score (nSPS) is 10.3. The molecule has 0 spiro atoms. The highest BCUT2D eigenvalue weighted by atomic mass is 127. The van der Waals surface area contributed by atoms with Crippen molar-refractivity contribution in [1.82, 2.24) is 10.6 Å². The van der Waals surface area contributed by atoms with Crippen LogP contribution in [-0.4, -0.2) is 25.5 Å². The van der Waals surface area contributed by atoms with Gasteiger partial charge in [-0.15, -0.1) is 0 Å². The predicted octanol–water partition coefficient (Wildman–Crippen LogP) is 2.78. The lowest BCUT2D eigenvalue weighted by Crippen LogP contribution is -2.32. The summed E-state index contributed by atoms with van der Waals surface area (Å²) in [6.45, 7) is 4.56. The van der Waals surface area contributed by atoms with Crippen LogP contribution in [0.15, 0.2) is 22.7 Å². The van der Waals surface area contributed by atoms with Gasteiger partial charge in [0.25, 0.3) is 5.91 Å². The molecule has 0 aliphatic heterocycles. The van der Waals surface area contributed by atoms with Gasteiger partial charge in [0.1, 0.15) is 0 Å². The van der Waals surface area contributed by atoms with E-state index in [0.29, 0.717) is 12.1 Å². The molecule has 0 fully saturated rings. The molecule has 1 aromatic carbocycles. The Hall–Kier alpha value is -0.140. The van der Waals surface area contributed by atoms with Gasteiger partial charge in [-0.05, 0) is 69.7 Å². The van der Waals surface area contributed by atoms with Gasteiger partial charge < -0.3 is 10.6 Å². The van der Waals surface area contributed by atoms with Gasteiger partial charge in [0, 0.05) is 21.1 Å². The number of benzene rings is 1. The largest absolute Gasteiger partial charge is 0.351 e. The van der Waals surface area contributed by atoms with Crippen molar-refractivity contribution in [2.75, 3.05) is 19.6 Å². The summed E-state index contributed by atoms with van der Waals surface area (Å²) in [7, 11) is 0. The summed E-state index contributed by atoms with van der Waals surface area (Å²) in [5.41, 5.74) is 0.687. The minimum Gasteiger partial charge on any atom is -0.351 e. The van der Waals surface area contributed by atoms with E-state index in [1.165, 1.54) is 0 Å². The minimum atomic E-state index is -0.0336. The molecule has 1 aromatic rings. The zero-order valence-electron chi connectivity index (χ0n) is 9.72. The van der Waals surface area contributed by atoms with Crippen LogP contribution in [0.1, 0.15) is 23.7 Å². The third-order valence-electron chi connectivity index (χ3n) is 2.19. The number of carbonyl (C=O) groups excluding carboxylic acids is 1. The van der Waals surface area contributed by atoms with Crippen molar-refractivity contribution in [3.63, 3.8) is 0 Å². The predicted molar refractivity (Wildman–Crippen MR) is 82.4 cm³/mol. The summed E-state index contributed by atoms with van der Waals surface area (Å²) in [5.74, 6) is -0.0336. The van der Waals surface area contributed by atoms with E-state index in [2.05, 4.69) is 56.1 Å². The van der Waals surface area contributed by atoms with Gasteiger partial charge in [-0.25, -0.2) is 0 Å². The number of amides is 1. The van der Waals surface area contributed by atoms with E-state index in [4.69, 9.17) is 0 Å². The fraction of sp³-hybridized carbons (Fsp3) is 0.417. The molecule has 94 valence electrons. The van der Waals surface area contributed by atoms with Gasteiger partial charge in [0.2, 0.25) is 0 Å². The Labute approximate surface area is 124 Å². The summed E-state index contributed by atoms with van der Waals surface area (Å²) in [6.07, 6.45) is 1.11. The van der Waals surface area contributed by atoms with E-state index >= 15 is 0 Å². The molecule has 0 saturated carbocycles. The fourth-order valence-corrected chi connectivity index (χ4v) is 2.25. The van der Waals surface area contributed by atoms with Gasteiger partial charge in [0.05, 0.1) is 5.56 Å². The van der Waals surface area contributed by atoms with Crippen LogP contribution in [-0.2, 0) is 0 Å². The first-order chi connectivity index (χ1) is 8.15. The maximum atomic E-state index is 11.9. The highest BCUT2D eigenvalue weighted by Crippen LogP contribution is 2.19. The molecule has 0 heterocycles. The molecule has 0 atom stereocenters. The number of carbonyl (C=O) groups is 1. The molecule has 0 saturated heterocycles. The zero-order valence-corrected chi connectivity index (χ0v) is 13.5. The molecule has 17 heavy (non-hydrogen) atoms. The lowest BCUT2D eigenvalue weighted by molar-refractivity contribution is 0.0953. The number of hydrogen-bond acceptors (Lipinski definition) is 2. The van der Waals surface area contributed by atoms with Crippen molar-refractivity contribution in [2.45, 2.75) is 13.3 Å². The topological polar surface area (TPSA) is 41.1 Å². The Bertz CT molecular complexity index is 385. The lowest BCUT2D eigenvalue weighted by atomic mass is 10.2. The van der Waals surface area contributed by atoms with E-state index in [-0.39, 0.29) is 5.91 Å². The molecule has 1 rings (SSSR count). The second-order valence-corrected chi connectivity index (χ2v) is 5.73. The van der Waals surface area contributed by atoms with Crippen LogP contribution in [0.3, 0.4) is 0 Å². The highest BCUT2D eigenvalue weighted by molar-refractivity contribution is 14.1. The molecule has 0 aromatic heterocycles.